The molecule has 0 spiro atoms. The van der Waals surface area contributed by atoms with Crippen LogP contribution in [0.1, 0.15) is 29.8 Å². The normalized spacial score (nSPS) is 15.1. The molecule has 0 N–H and O–H groups in total. The van der Waals surface area contributed by atoms with Gasteiger partial charge in [-0.1, -0.05) is 77.8 Å². The van der Waals surface area contributed by atoms with Crippen molar-refractivity contribution >= 4 is 34.6 Å². The number of hydrogen-bond acceptors (Lipinski definition) is 5. The number of Topliss-reactive ketones (excluding diaryl/α,β-unsaturated/α-hetero) is 1. The van der Waals surface area contributed by atoms with E-state index in [-0.39, 0.29) is 5.78 Å². The van der Waals surface area contributed by atoms with Crippen molar-refractivity contribution in [2.45, 2.75) is 26.6 Å². The predicted octanol–water partition coefficient (Wildman–Crippen LogP) is 7.16. The fourth-order valence-electron chi connectivity index (χ4n) is 4.28. The molecule has 4 aromatic rings. The summed E-state index contributed by atoms with van der Waals surface area (Å²) in [7, 11) is 0. The molecule has 0 radical (unpaired) electrons. The van der Waals surface area contributed by atoms with Crippen LogP contribution >= 0.6 is 11.6 Å². The Kier molecular flexibility index (Phi) is 6.74. The van der Waals surface area contributed by atoms with Gasteiger partial charge in [-0.2, -0.15) is 0 Å². The second-order valence-electron chi connectivity index (χ2n) is 8.70. The molecule has 0 unspecified atom stereocenters. The minimum absolute atomic E-state index is 0.132. The van der Waals surface area contributed by atoms with Crippen LogP contribution in [0.15, 0.2) is 108 Å². The predicted molar refractivity (Wildman–Crippen MR) is 146 cm³/mol. The van der Waals surface area contributed by atoms with E-state index in [1.807, 2.05) is 120 Å². The van der Waals surface area contributed by atoms with Crippen LogP contribution in [0.2, 0.25) is 5.02 Å². The third kappa shape index (κ3) is 4.83. The fraction of sp³-hybridized carbons (Fsp3) is 0.133. The summed E-state index contributed by atoms with van der Waals surface area (Å²) in [5.41, 5.74) is 4.71. The fourth-order valence-corrected chi connectivity index (χ4v) is 4.46. The molecular weight excluding hydrogens is 470 g/mol. The van der Waals surface area contributed by atoms with E-state index in [1.54, 1.807) is 0 Å². The average Bonchev–Trinajstić information content (AvgIpc) is 3.30. The smallest absolute Gasteiger partial charge is 0.198 e. The second-order valence-corrected chi connectivity index (χ2v) is 9.13. The lowest BCUT2D eigenvalue weighted by atomic mass is 10.1. The first-order valence-corrected chi connectivity index (χ1v) is 12.1. The van der Waals surface area contributed by atoms with Crippen LogP contribution in [-0.4, -0.2) is 11.6 Å². The lowest BCUT2D eigenvalue weighted by Gasteiger charge is -2.33. The van der Waals surface area contributed by atoms with Gasteiger partial charge in [0.15, 0.2) is 17.8 Å². The molecule has 5 nitrogen and oxygen atoms in total. The van der Waals surface area contributed by atoms with Crippen LogP contribution in [0.25, 0.3) is 0 Å². The van der Waals surface area contributed by atoms with Crippen LogP contribution in [0.5, 0.6) is 5.75 Å². The highest BCUT2D eigenvalue weighted by molar-refractivity contribution is 6.44. The molecule has 0 saturated carbocycles. The van der Waals surface area contributed by atoms with Gasteiger partial charge in [0.25, 0.3) is 0 Å². The number of halogens is 1. The van der Waals surface area contributed by atoms with Crippen molar-refractivity contribution in [3.63, 3.8) is 0 Å². The summed E-state index contributed by atoms with van der Waals surface area (Å²) in [6.07, 6.45) is -0.488. The van der Waals surface area contributed by atoms with E-state index in [0.29, 0.717) is 23.2 Å². The van der Waals surface area contributed by atoms with Crippen molar-refractivity contribution in [3.05, 3.63) is 125 Å². The zero-order chi connectivity index (χ0) is 25.1. The minimum atomic E-state index is -0.488. The van der Waals surface area contributed by atoms with Gasteiger partial charge in [-0.25, -0.2) is 5.01 Å². The molecule has 5 rings (SSSR count). The average molecular weight is 496 g/mol. The molecule has 0 aliphatic carbocycles. The Morgan fingerprint density at radius 3 is 2.22 bits per heavy atom. The number of aryl methyl sites for hydroxylation is 1. The molecule has 36 heavy (non-hydrogen) atoms. The zero-order valence-corrected chi connectivity index (χ0v) is 20.9. The maximum Gasteiger partial charge on any atom is 0.198 e. The van der Waals surface area contributed by atoms with Crippen molar-refractivity contribution < 1.29 is 9.53 Å². The van der Waals surface area contributed by atoms with E-state index in [2.05, 4.69) is 0 Å². The lowest BCUT2D eigenvalue weighted by molar-refractivity contribution is -0.111. The highest BCUT2D eigenvalue weighted by atomic mass is 35.5. The van der Waals surface area contributed by atoms with Gasteiger partial charge >= 0.3 is 0 Å². The highest BCUT2D eigenvalue weighted by Gasteiger charge is 2.40. The molecule has 0 saturated heterocycles. The SMILES string of the molecule is CC(=O)C1=NN(c2ccc(C)cc2)[C@H](c2cc(Cl)ccc2OCc2ccccc2)N1c1ccccc1. The first kappa shape index (κ1) is 23.6. The first-order chi connectivity index (χ1) is 17.5. The quantitative estimate of drug-likeness (QED) is 0.273. The highest BCUT2D eigenvalue weighted by Crippen LogP contribution is 2.43. The number of carbonyl (C=O) groups is 1. The molecule has 1 aliphatic rings. The zero-order valence-electron chi connectivity index (χ0n) is 20.1. The topological polar surface area (TPSA) is 45.1 Å². The number of hydrogen-bond donors (Lipinski definition) is 0. The van der Waals surface area contributed by atoms with Gasteiger partial charge in [0.2, 0.25) is 0 Å². The van der Waals surface area contributed by atoms with E-state index in [0.717, 1.165) is 28.1 Å². The van der Waals surface area contributed by atoms with Crippen LogP contribution in [-0.2, 0) is 11.4 Å². The Morgan fingerprint density at radius 1 is 0.889 bits per heavy atom. The summed E-state index contributed by atoms with van der Waals surface area (Å²) in [6, 6.07) is 33.5. The minimum Gasteiger partial charge on any atom is -0.488 e. The van der Waals surface area contributed by atoms with Crippen molar-refractivity contribution in [2.75, 3.05) is 9.91 Å². The maximum absolute atomic E-state index is 12.8. The van der Waals surface area contributed by atoms with Crippen molar-refractivity contribution in [1.29, 1.82) is 0 Å². The molecule has 1 atom stereocenters. The molecule has 0 fully saturated rings. The van der Waals surface area contributed by atoms with E-state index >= 15 is 0 Å². The number of rotatable bonds is 7. The Bertz CT molecular complexity index is 1390. The van der Waals surface area contributed by atoms with Crippen molar-refractivity contribution in [1.82, 2.24) is 0 Å². The Morgan fingerprint density at radius 2 is 1.56 bits per heavy atom. The summed E-state index contributed by atoms with van der Waals surface area (Å²) in [4.78, 5) is 14.8. The number of ketones is 1. The van der Waals surface area contributed by atoms with Gasteiger partial charge in [-0.05, 0) is 55.0 Å². The number of carbonyl (C=O) groups excluding carboxylic acids is 1. The number of nitrogens with zero attached hydrogens (tertiary/aromatic N) is 3. The third-order valence-electron chi connectivity index (χ3n) is 6.04. The summed E-state index contributed by atoms with van der Waals surface area (Å²) < 4.78 is 6.33. The van der Waals surface area contributed by atoms with Gasteiger partial charge < -0.3 is 4.74 Å². The Balaban J connectivity index is 1.65. The number of benzene rings is 4. The lowest BCUT2D eigenvalue weighted by Crippen LogP contribution is -2.38. The molecule has 0 amide bonds. The van der Waals surface area contributed by atoms with Gasteiger partial charge in [-0.3, -0.25) is 9.69 Å². The van der Waals surface area contributed by atoms with E-state index < -0.39 is 6.17 Å². The number of ether oxygens (including phenoxy) is 1. The van der Waals surface area contributed by atoms with Crippen LogP contribution < -0.4 is 14.6 Å². The standard InChI is InChI=1S/C30H26ClN3O2/c1-21-13-16-26(17-14-21)34-30(33(29(32-34)22(2)35)25-11-7-4-8-12-25)27-19-24(31)15-18-28(27)36-20-23-9-5-3-6-10-23/h3-19,30H,20H2,1-2H3/t30-/m1/s1. The summed E-state index contributed by atoms with van der Waals surface area (Å²) >= 11 is 6.52. The summed E-state index contributed by atoms with van der Waals surface area (Å²) in [5, 5.41) is 7.26. The van der Waals surface area contributed by atoms with E-state index in [1.165, 1.54) is 6.92 Å². The second kappa shape index (κ2) is 10.3. The van der Waals surface area contributed by atoms with Gasteiger partial charge in [-0.15, -0.1) is 5.10 Å². The van der Waals surface area contributed by atoms with Gasteiger partial charge in [0.1, 0.15) is 12.4 Å². The van der Waals surface area contributed by atoms with Crippen molar-refractivity contribution in [3.8, 4) is 5.75 Å². The van der Waals surface area contributed by atoms with Crippen LogP contribution in [0, 0.1) is 6.92 Å². The Labute approximate surface area is 216 Å². The molecule has 0 aromatic heterocycles. The van der Waals surface area contributed by atoms with Crippen LogP contribution in [0.3, 0.4) is 0 Å². The number of amidine groups is 1. The molecular formula is C30H26ClN3O2. The summed E-state index contributed by atoms with van der Waals surface area (Å²) in [5.74, 6) is 0.888. The number of hydrazone groups is 1. The first-order valence-electron chi connectivity index (χ1n) is 11.8. The van der Waals surface area contributed by atoms with Gasteiger partial charge in [0, 0.05) is 23.2 Å². The molecule has 6 heteroatoms. The summed E-state index contributed by atoms with van der Waals surface area (Å²) in [6.45, 7) is 3.98. The molecule has 0 bridgehead atoms. The van der Waals surface area contributed by atoms with Crippen molar-refractivity contribution in [2.24, 2.45) is 5.10 Å². The molecule has 1 aliphatic heterocycles. The number of anilines is 2. The molecule has 1 heterocycles. The molecule has 4 aromatic carbocycles. The number of para-hydroxylation sites is 1. The monoisotopic (exact) mass is 495 g/mol. The van der Waals surface area contributed by atoms with E-state index in [9.17, 15) is 4.79 Å². The largest absolute Gasteiger partial charge is 0.488 e. The van der Waals surface area contributed by atoms with Crippen LogP contribution in [0.4, 0.5) is 11.4 Å². The third-order valence-corrected chi connectivity index (χ3v) is 6.28. The molecule has 180 valence electrons. The van der Waals surface area contributed by atoms with E-state index in [4.69, 9.17) is 21.4 Å². The Hall–Kier alpha value is -4.09. The maximum atomic E-state index is 12.8. The van der Waals surface area contributed by atoms with Gasteiger partial charge in [0.05, 0.1) is 5.69 Å².